The van der Waals surface area contributed by atoms with E-state index in [1.807, 2.05) is 6.92 Å². The van der Waals surface area contributed by atoms with E-state index in [4.69, 9.17) is 0 Å². The molecule has 0 aromatic heterocycles. The van der Waals surface area contributed by atoms with Crippen molar-refractivity contribution in [2.45, 2.75) is 32.7 Å². The Morgan fingerprint density at radius 1 is 1.30 bits per heavy atom. The van der Waals surface area contributed by atoms with Crippen LogP contribution >= 0.6 is 0 Å². The second-order valence-electron chi connectivity index (χ2n) is 4.44. The van der Waals surface area contributed by atoms with E-state index in [1.54, 1.807) is 18.2 Å². The summed E-state index contributed by atoms with van der Waals surface area (Å²) >= 11 is 0. The van der Waals surface area contributed by atoms with Gasteiger partial charge < -0.3 is 15.1 Å². The molecule has 0 aliphatic carbocycles. The van der Waals surface area contributed by atoms with E-state index in [2.05, 4.69) is 0 Å². The van der Waals surface area contributed by atoms with E-state index in [1.165, 1.54) is 30.2 Å². The van der Waals surface area contributed by atoms with Crippen LogP contribution in [0.15, 0.2) is 36.5 Å². The number of nitrogens with zero attached hydrogens (tertiary/aromatic N) is 1. The lowest BCUT2D eigenvalue weighted by atomic mass is 10.0. The molecule has 0 bridgehead atoms. The number of rotatable bonds is 6. The van der Waals surface area contributed by atoms with Gasteiger partial charge in [-0.05, 0) is 24.1 Å². The summed E-state index contributed by atoms with van der Waals surface area (Å²) in [6.45, 7) is 3.25. The molecule has 2 N–H and O–H groups in total. The van der Waals surface area contributed by atoms with Gasteiger partial charge in [0.15, 0.2) is 0 Å². The van der Waals surface area contributed by atoms with Crippen LogP contribution in [-0.2, 0) is 16.0 Å². The Kier molecular flexibility index (Phi) is 5.77. The van der Waals surface area contributed by atoms with Crippen molar-refractivity contribution in [2.24, 2.45) is 0 Å². The Balaban J connectivity index is 2.97. The summed E-state index contributed by atoms with van der Waals surface area (Å²) < 4.78 is 0. The maximum atomic E-state index is 11.6. The molecule has 5 heteroatoms. The predicted octanol–water partition coefficient (Wildman–Crippen LogP) is 2.16. The average molecular weight is 277 g/mol. The quantitative estimate of drug-likeness (QED) is 0.835. The molecule has 0 saturated heterocycles. The molecule has 1 aromatic rings. The summed E-state index contributed by atoms with van der Waals surface area (Å²) in [4.78, 5) is 24.2. The molecule has 0 unspecified atom stereocenters. The first-order valence-corrected chi connectivity index (χ1v) is 6.42. The first-order chi connectivity index (χ1) is 9.45. The van der Waals surface area contributed by atoms with Crippen LogP contribution in [0.1, 0.15) is 25.8 Å². The molecular weight excluding hydrogens is 258 g/mol. The number of aliphatic carboxylic acids is 1. The van der Waals surface area contributed by atoms with E-state index in [0.717, 1.165) is 12.0 Å². The lowest BCUT2D eigenvalue weighted by Gasteiger charge is -2.24. The molecule has 1 amide bonds. The number of amides is 1. The Labute approximate surface area is 118 Å². The van der Waals surface area contributed by atoms with Crippen LogP contribution in [0.2, 0.25) is 0 Å². The fourth-order valence-electron chi connectivity index (χ4n) is 1.81. The Hall–Kier alpha value is -2.30. The molecule has 0 radical (unpaired) electrons. The van der Waals surface area contributed by atoms with Crippen molar-refractivity contribution < 1.29 is 19.8 Å². The smallest absolute Gasteiger partial charge is 0.327 e. The van der Waals surface area contributed by atoms with Crippen molar-refractivity contribution in [3.63, 3.8) is 0 Å². The Bertz CT molecular complexity index is 493. The van der Waals surface area contributed by atoms with Gasteiger partial charge in [0.1, 0.15) is 11.8 Å². The van der Waals surface area contributed by atoms with E-state index in [9.17, 15) is 19.8 Å². The minimum absolute atomic E-state index is 0.120. The molecule has 0 fully saturated rings. The van der Waals surface area contributed by atoms with Crippen LogP contribution in [0.4, 0.5) is 0 Å². The van der Waals surface area contributed by atoms with Gasteiger partial charge in [0, 0.05) is 19.5 Å². The molecule has 108 valence electrons. The molecule has 20 heavy (non-hydrogen) atoms. The third-order valence-corrected chi connectivity index (χ3v) is 2.85. The minimum Gasteiger partial charge on any atom is -0.508 e. The first-order valence-electron chi connectivity index (χ1n) is 6.42. The second-order valence-corrected chi connectivity index (χ2v) is 4.44. The van der Waals surface area contributed by atoms with Crippen LogP contribution in [-0.4, -0.2) is 33.0 Å². The number of carboxylic acid groups (broad SMARTS) is 1. The molecule has 0 aliphatic rings. The zero-order valence-electron chi connectivity index (χ0n) is 11.6. The highest BCUT2D eigenvalue weighted by Gasteiger charge is 2.26. The number of phenolic OH excluding ortho intramolecular Hbond substituents is 1. The van der Waals surface area contributed by atoms with Gasteiger partial charge in [0.25, 0.3) is 0 Å². The first kappa shape index (κ1) is 15.8. The monoisotopic (exact) mass is 277 g/mol. The van der Waals surface area contributed by atoms with Gasteiger partial charge in [-0.15, -0.1) is 0 Å². The van der Waals surface area contributed by atoms with Gasteiger partial charge in [0.2, 0.25) is 5.91 Å². The number of allylic oxidation sites excluding steroid dienone is 1. The third-order valence-electron chi connectivity index (χ3n) is 2.85. The van der Waals surface area contributed by atoms with Gasteiger partial charge in [-0.25, -0.2) is 4.79 Å². The minimum atomic E-state index is -1.06. The van der Waals surface area contributed by atoms with Gasteiger partial charge in [0.05, 0.1) is 0 Å². The predicted molar refractivity (Wildman–Crippen MR) is 75.2 cm³/mol. The SMILES string of the molecule is CCC=CN(C(C)=O)[C@@H](Cc1ccc(O)cc1)C(=O)O. The van der Waals surface area contributed by atoms with E-state index < -0.39 is 12.0 Å². The summed E-state index contributed by atoms with van der Waals surface area (Å²) in [7, 11) is 0. The van der Waals surface area contributed by atoms with Gasteiger partial charge >= 0.3 is 5.97 Å². The maximum absolute atomic E-state index is 11.6. The summed E-state index contributed by atoms with van der Waals surface area (Å²) in [6, 6.07) is 5.32. The number of carboxylic acids is 1. The highest BCUT2D eigenvalue weighted by molar-refractivity contribution is 5.83. The molecular formula is C15H19NO4. The summed E-state index contributed by atoms with van der Waals surface area (Å²) in [5.41, 5.74) is 0.742. The number of carbonyl (C=O) groups excluding carboxylic acids is 1. The number of carbonyl (C=O) groups is 2. The van der Waals surface area contributed by atoms with Crippen LogP contribution in [0, 0.1) is 0 Å². The molecule has 0 heterocycles. The fraction of sp³-hybridized carbons (Fsp3) is 0.333. The standard InChI is InChI=1S/C15H19NO4/c1-3-4-9-16(11(2)17)14(15(19)20)10-12-5-7-13(18)8-6-12/h4-9,14,18H,3,10H2,1-2H3,(H,19,20)/t14-/m0/s1. The molecule has 0 spiro atoms. The fourth-order valence-corrected chi connectivity index (χ4v) is 1.81. The van der Waals surface area contributed by atoms with Gasteiger partial charge in [-0.1, -0.05) is 25.1 Å². The molecule has 0 aliphatic heterocycles. The number of benzene rings is 1. The molecule has 5 nitrogen and oxygen atoms in total. The zero-order chi connectivity index (χ0) is 15.1. The Morgan fingerprint density at radius 3 is 2.35 bits per heavy atom. The summed E-state index contributed by atoms with van der Waals surface area (Å²) in [5.74, 6) is -1.26. The average Bonchev–Trinajstić information content (AvgIpc) is 2.39. The van der Waals surface area contributed by atoms with Gasteiger partial charge in [-0.2, -0.15) is 0 Å². The van der Waals surface area contributed by atoms with Crippen LogP contribution in [0.5, 0.6) is 5.75 Å². The van der Waals surface area contributed by atoms with Gasteiger partial charge in [-0.3, -0.25) is 4.79 Å². The van der Waals surface area contributed by atoms with E-state index >= 15 is 0 Å². The normalized spacial score (nSPS) is 12.3. The van der Waals surface area contributed by atoms with Crippen molar-refractivity contribution >= 4 is 11.9 Å². The van der Waals surface area contributed by atoms with Crippen LogP contribution < -0.4 is 0 Å². The number of aromatic hydroxyl groups is 1. The molecule has 1 aromatic carbocycles. The highest BCUT2D eigenvalue weighted by Crippen LogP contribution is 2.15. The van der Waals surface area contributed by atoms with E-state index in [-0.39, 0.29) is 18.1 Å². The van der Waals surface area contributed by atoms with Crippen LogP contribution in [0.3, 0.4) is 0 Å². The lowest BCUT2D eigenvalue weighted by Crippen LogP contribution is -2.42. The molecule has 0 saturated carbocycles. The van der Waals surface area contributed by atoms with Crippen molar-refractivity contribution in [3.05, 3.63) is 42.1 Å². The van der Waals surface area contributed by atoms with Crippen molar-refractivity contribution in [2.75, 3.05) is 0 Å². The van der Waals surface area contributed by atoms with Crippen molar-refractivity contribution in [1.82, 2.24) is 4.90 Å². The largest absolute Gasteiger partial charge is 0.508 e. The molecule has 1 rings (SSSR count). The second kappa shape index (κ2) is 7.33. The number of phenols is 1. The summed E-state index contributed by atoms with van der Waals surface area (Å²) in [5, 5.41) is 18.6. The Morgan fingerprint density at radius 2 is 1.90 bits per heavy atom. The lowest BCUT2D eigenvalue weighted by molar-refractivity contribution is -0.147. The third kappa shape index (κ3) is 4.42. The molecule has 1 atom stereocenters. The summed E-state index contributed by atoms with van der Waals surface area (Å²) in [6.07, 6.45) is 4.16. The topological polar surface area (TPSA) is 77.8 Å². The highest BCUT2D eigenvalue weighted by atomic mass is 16.4. The number of hydrogen-bond acceptors (Lipinski definition) is 3. The maximum Gasteiger partial charge on any atom is 0.327 e. The van der Waals surface area contributed by atoms with E-state index in [0.29, 0.717) is 0 Å². The number of hydrogen-bond donors (Lipinski definition) is 2. The van der Waals surface area contributed by atoms with Crippen molar-refractivity contribution in [3.8, 4) is 5.75 Å². The van der Waals surface area contributed by atoms with Crippen molar-refractivity contribution in [1.29, 1.82) is 0 Å². The van der Waals surface area contributed by atoms with Crippen LogP contribution in [0.25, 0.3) is 0 Å². The zero-order valence-corrected chi connectivity index (χ0v) is 11.6.